The van der Waals surface area contributed by atoms with Gasteiger partial charge in [-0.1, -0.05) is 26.0 Å². The van der Waals surface area contributed by atoms with E-state index in [1.807, 2.05) is 0 Å². The van der Waals surface area contributed by atoms with Crippen molar-refractivity contribution in [3.63, 3.8) is 0 Å². The van der Waals surface area contributed by atoms with Crippen molar-refractivity contribution < 1.29 is 5.11 Å². The van der Waals surface area contributed by atoms with Crippen LogP contribution in [0.3, 0.4) is 0 Å². The molecule has 1 nitrogen and oxygen atoms in total. The molecular formula is C11H18O. The van der Waals surface area contributed by atoms with Crippen LogP contribution < -0.4 is 0 Å². The molecule has 2 fully saturated rings. The Morgan fingerprint density at radius 1 is 1.42 bits per heavy atom. The van der Waals surface area contributed by atoms with Gasteiger partial charge in [0.05, 0.1) is 6.10 Å². The average Bonchev–Trinajstić information content (AvgIpc) is 2.35. The monoisotopic (exact) mass is 166 g/mol. The summed E-state index contributed by atoms with van der Waals surface area (Å²) in [5, 5.41) is 10.0. The van der Waals surface area contributed by atoms with Crippen LogP contribution in [0, 0.1) is 17.3 Å². The van der Waals surface area contributed by atoms with Crippen LogP contribution in [-0.2, 0) is 0 Å². The van der Waals surface area contributed by atoms with Gasteiger partial charge in [-0.3, -0.25) is 0 Å². The van der Waals surface area contributed by atoms with Crippen molar-refractivity contribution >= 4 is 0 Å². The Kier molecular flexibility index (Phi) is 1.63. The van der Waals surface area contributed by atoms with Crippen LogP contribution >= 0.6 is 0 Å². The lowest BCUT2D eigenvalue weighted by molar-refractivity contribution is 0.0464. The number of fused-ring (bicyclic) bond motifs is 1. The van der Waals surface area contributed by atoms with Gasteiger partial charge in [0.15, 0.2) is 0 Å². The number of hydrogen-bond acceptors (Lipinski definition) is 1. The molecular weight excluding hydrogens is 148 g/mol. The van der Waals surface area contributed by atoms with Crippen molar-refractivity contribution in [2.45, 2.75) is 39.2 Å². The highest BCUT2D eigenvalue weighted by Gasteiger charge is 2.49. The summed E-state index contributed by atoms with van der Waals surface area (Å²) in [6.45, 7) is 8.37. The molecule has 68 valence electrons. The Hall–Kier alpha value is -0.300. The molecule has 2 saturated carbocycles. The van der Waals surface area contributed by atoms with E-state index in [9.17, 15) is 5.11 Å². The largest absolute Gasteiger partial charge is 0.392 e. The van der Waals surface area contributed by atoms with Crippen LogP contribution in [0.15, 0.2) is 12.2 Å². The molecule has 0 aliphatic heterocycles. The van der Waals surface area contributed by atoms with Gasteiger partial charge < -0.3 is 5.11 Å². The Morgan fingerprint density at radius 2 is 2.08 bits per heavy atom. The van der Waals surface area contributed by atoms with E-state index >= 15 is 0 Å². The topological polar surface area (TPSA) is 20.2 Å². The van der Waals surface area contributed by atoms with Crippen LogP contribution in [-0.4, -0.2) is 11.2 Å². The van der Waals surface area contributed by atoms with Crippen LogP contribution in [0.4, 0.5) is 0 Å². The van der Waals surface area contributed by atoms with E-state index in [-0.39, 0.29) is 11.5 Å². The minimum Gasteiger partial charge on any atom is -0.392 e. The molecule has 0 spiro atoms. The Bertz CT molecular complexity index is 217. The minimum absolute atomic E-state index is 0.0956. The minimum atomic E-state index is -0.0956. The van der Waals surface area contributed by atoms with E-state index in [4.69, 9.17) is 0 Å². The lowest BCUT2D eigenvalue weighted by Gasteiger charge is -2.25. The number of hydrogen-bond donors (Lipinski definition) is 1. The smallest absolute Gasteiger partial charge is 0.0625 e. The van der Waals surface area contributed by atoms with Gasteiger partial charge in [-0.05, 0) is 36.5 Å². The van der Waals surface area contributed by atoms with Gasteiger partial charge >= 0.3 is 0 Å². The summed E-state index contributed by atoms with van der Waals surface area (Å²) in [6.07, 6.45) is 3.31. The van der Waals surface area contributed by atoms with Gasteiger partial charge in [-0.25, -0.2) is 0 Å². The van der Waals surface area contributed by atoms with Crippen molar-refractivity contribution in [1.29, 1.82) is 0 Å². The highest BCUT2D eigenvalue weighted by atomic mass is 16.3. The molecule has 0 aromatic rings. The SMILES string of the molecule is C=C1C[C@H]2CC(C)(C)[C@H](O)[C@H]2C1. The van der Waals surface area contributed by atoms with Gasteiger partial charge in [0, 0.05) is 0 Å². The molecule has 3 atom stereocenters. The quantitative estimate of drug-likeness (QED) is 0.548. The molecule has 0 bridgehead atoms. The molecule has 1 heteroatoms. The fourth-order valence-corrected chi connectivity index (χ4v) is 3.07. The van der Waals surface area contributed by atoms with Crippen LogP contribution in [0.5, 0.6) is 0 Å². The maximum absolute atomic E-state index is 10.0. The van der Waals surface area contributed by atoms with Crippen LogP contribution in [0.1, 0.15) is 33.1 Å². The molecule has 0 aromatic carbocycles. The van der Waals surface area contributed by atoms with Gasteiger partial charge in [0.25, 0.3) is 0 Å². The van der Waals surface area contributed by atoms with Crippen molar-refractivity contribution in [1.82, 2.24) is 0 Å². The molecule has 1 N–H and O–H groups in total. The van der Waals surface area contributed by atoms with E-state index in [2.05, 4.69) is 20.4 Å². The summed E-state index contributed by atoms with van der Waals surface area (Å²) >= 11 is 0. The first-order chi connectivity index (χ1) is 5.50. The molecule has 0 aromatic heterocycles. The van der Waals surface area contributed by atoms with Gasteiger partial charge in [0.1, 0.15) is 0 Å². The van der Waals surface area contributed by atoms with Crippen molar-refractivity contribution in [2.24, 2.45) is 17.3 Å². The second kappa shape index (κ2) is 2.35. The Morgan fingerprint density at radius 3 is 2.67 bits per heavy atom. The van der Waals surface area contributed by atoms with Gasteiger partial charge in [-0.2, -0.15) is 0 Å². The molecule has 0 radical (unpaired) electrons. The molecule has 12 heavy (non-hydrogen) atoms. The standard InChI is InChI=1S/C11H18O/c1-7-4-8-6-11(2,3)10(12)9(8)5-7/h8-10,12H,1,4-6H2,2-3H3/t8-,9-,10+/m0/s1. The zero-order chi connectivity index (χ0) is 8.93. The Balaban J connectivity index is 2.19. The van der Waals surface area contributed by atoms with E-state index in [1.54, 1.807) is 0 Å². The molecule has 2 aliphatic rings. The fraction of sp³-hybridized carbons (Fsp3) is 0.818. The molecule has 0 amide bonds. The van der Waals surface area contributed by atoms with Crippen molar-refractivity contribution in [3.8, 4) is 0 Å². The van der Waals surface area contributed by atoms with Crippen molar-refractivity contribution in [2.75, 3.05) is 0 Å². The van der Waals surface area contributed by atoms with E-state index in [0.717, 1.165) is 18.8 Å². The zero-order valence-electron chi connectivity index (χ0n) is 8.01. The predicted molar refractivity (Wildman–Crippen MR) is 49.8 cm³/mol. The first-order valence-corrected chi connectivity index (χ1v) is 4.85. The maximum Gasteiger partial charge on any atom is 0.0625 e. The summed E-state index contributed by atoms with van der Waals surface area (Å²) in [5.41, 5.74) is 1.50. The molecule has 2 aliphatic carbocycles. The summed E-state index contributed by atoms with van der Waals surface area (Å²) in [4.78, 5) is 0. The normalized spacial score (nSPS) is 44.9. The lowest BCUT2D eigenvalue weighted by atomic mass is 9.85. The lowest BCUT2D eigenvalue weighted by Crippen LogP contribution is -2.27. The van der Waals surface area contributed by atoms with Crippen molar-refractivity contribution in [3.05, 3.63) is 12.2 Å². The number of allylic oxidation sites excluding steroid dienone is 1. The maximum atomic E-state index is 10.0. The number of rotatable bonds is 0. The molecule has 0 heterocycles. The van der Waals surface area contributed by atoms with E-state index in [1.165, 1.54) is 12.0 Å². The number of aliphatic hydroxyl groups is 1. The third-order valence-electron chi connectivity index (χ3n) is 3.68. The summed E-state index contributed by atoms with van der Waals surface area (Å²) in [6, 6.07) is 0. The van der Waals surface area contributed by atoms with Gasteiger partial charge in [0.2, 0.25) is 0 Å². The molecule has 0 unspecified atom stereocenters. The van der Waals surface area contributed by atoms with E-state index < -0.39 is 0 Å². The summed E-state index contributed by atoms with van der Waals surface area (Å²) < 4.78 is 0. The second-order valence-electron chi connectivity index (χ2n) is 5.22. The fourth-order valence-electron chi connectivity index (χ4n) is 3.07. The van der Waals surface area contributed by atoms with Crippen LogP contribution in [0.2, 0.25) is 0 Å². The predicted octanol–water partition coefficient (Wildman–Crippen LogP) is 2.36. The number of aliphatic hydroxyl groups excluding tert-OH is 1. The highest BCUT2D eigenvalue weighted by molar-refractivity contribution is 5.13. The zero-order valence-corrected chi connectivity index (χ0v) is 8.01. The first-order valence-electron chi connectivity index (χ1n) is 4.85. The van der Waals surface area contributed by atoms with E-state index in [0.29, 0.717) is 5.92 Å². The Labute approximate surface area is 74.5 Å². The first kappa shape index (κ1) is 8.31. The third kappa shape index (κ3) is 1.03. The van der Waals surface area contributed by atoms with Crippen LogP contribution in [0.25, 0.3) is 0 Å². The third-order valence-corrected chi connectivity index (χ3v) is 3.68. The highest BCUT2D eigenvalue weighted by Crippen LogP contribution is 2.53. The molecule has 2 rings (SSSR count). The summed E-state index contributed by atoms with van der Waals surface area (Å²) in [5.74, 6) is 1.25. The van der Waals surface area contributed by atoms with Gasteiger partial charge in [-0.15, -0.1) is 0 Å². The molecule has 0 saturated heterocycles. The second-order valence-corrected chi connectivity index (χ2v) is 5.22. The summed E-state index contributed by atoms with van der Waals surface area (Å²) in [7, 11) is 0. The average molecular weight is 166 g/mol.